The minimum Gasteiger partial charge on any atom is -0.288 e. The van der Waals surface area contributed by atoms with Crippen LogP contribution in [0.4, 0.5) is 0 Å². The molecule has 0 N–H and O–H groups in total. The summed E-state index contributed by atoms with van der Waals surface area (Å²) in [6.45, 7) is 4.00. The van der Waals surface area contributed by atoms with E-state index in [1.807, 2.05) is 69.4 Å². The first-order chi connectivity index (χ1) is 10.6. The quantitative estimate of drug-likeness (QED) is 0.685. The second-order valence-corrected chi connectivity index (χ2v) is 5.58. The van der Waals surface area contributed by atoms with Crippen LogP contribution in [0.2, 0.25) is 0 Å². The molecule has 3 nitrogen and oxygen atoms in total. The van der Waals surface area contributed by atoms with Gasteiger partial charge < -0.3 is 0 Å². The fourth-order valence-corrected chi connectivity index (χ4v) is 2.55. The summed E-state index contributed by atoms with van der Waals surface area (Å²) in [5.41, 5.74) is 5.22. The number of nitrogens with zero attached hydrogens (tertiary/aromatic N) is 2. The Hall–Kier alpha value is -2.68. The Morgan fingerprint density at radius 3 is 2.32 bits per heavy atom. The minimum atomic E-state index is 0.0155. The third-order valence-electron chi connectivity index (χ3n) is 3.79. The van der Waals surface area contributed by atoms with E-state index in [-0.39, 0.29) is 5.78 Å². The second kappa shape index (κ2) is 5.60. The van der Waals surface area contributed by atoms with Crippen LogP contribution in [0, 0.1) is 13.8 Å². The van der Waals surface area contributed by atoms with Crippen molar-refractivity contribution in [3.05, 3.63) is 77.0 Å². The molecule has 0 fully saturated rings. The second-order valence-electron chi connectivity index (χ2n) is 5.58. The van der Waals surface area contributed by atoms with Gasteiger partial charge in [0.05, 0.1) is 5.56 Å². The maximum atomic E-state index is 12.9. The molecule has 0 radical (unpaired) electrons. The maximum absolute atomic E-state index is 12.9. The van der Waals surface area contributed by atoms with Crippen molar-refractivity contribution in [2.24, 2.45) is 7.05 Å². The number of hydrogen-bond acceptors (Lipinski definition) is 2. The van der Waals surface area contributed by atoms with Crippen molar-refractivity contribution in [2.45, 2.75) is 13.8 Å². The number of carbonyl (C=O) groups excluding carboxylic acids is 1. The standard InChI is InChI=1S/C19H18N2O/c1-13-8-10-15(11-9-13)18-17(12-21(3)20-18)19(22)16-7-5-4-6-14(16)2/h4-12H,1-3H3. The third-order valence-corrected chi connectivity index (χ3v) is 3.79. The average molecular weight is 290 g/mol. The first-order valence-corrected chi connectivity index (χ1v) is 7.27. The van der Waals surface area contributed by atoms with E-state index in [0.717, 1.165) is 22.4 Å². The predicted octanol–water partition coefficient (Wildman–Crippen LogP) is 3.93. The summed E-state index contributed by atoms with van der Waals surface area (Å²) in [5, 5.41) is 4.48. The monoisotopic (exact) mass is 290 g/mol. The van der Waals surface area contributed by atoms with Crippen molar-refractivity contribution in [3.8, 4) is 11.3 Å². The van der Waals surface area contributed by atoms with Crippen LogP contribution in [-0.2, 0) is 7.05 Å². The van der Waals surface area contributed by atoms with Crippen molar-refractivity contribution in [1.82, 2.24) is 9.78 Å². The molecule has 0 aliphatic carbocycles. The first kappa shape index (κ1) is 14.3. The molecule has 3 aromatic rings. The van der Waals surface area contributed by atoms with Gasteiger partial charge in [0.25, 0.3) is 0 Å². The van der Waals surface area contributed by atoms with Crippen LogP contribution >= 0.6 is 0 Å². The maximum Gasteiger partial charge on any atom is 0.197 e. The van der Waals surface area contributed by atoms with Crippen LogP contribution in [0.25, 0.3) is 11.3 Å². The molecule has 3 rings (SSSR count). The highest BCUT2D eigenvalue weighted by atomic mass is 16.1. The van der Waals surface area contributed by atoms with Crippen LogP contribution in [0.5, 0.6) is 0 Å². The topological polar surface area (TPSA) is 34.9 Å². The van der Waals surface area contributed by atoms with Gasteiger partial charge in [-0.25, -0.2) is 0 Å². The van der Waals surface area contributed by atoms with E-state index in [1.165, 1.54) is 5.56 Å². The summed E-state index contributed by atoms with van der Waals surface area (Å²) in [6.07, 6.45) is 1.80. The largest absolute Gasteiger partial charge is 0.288 e. The zero-order valence-corrected chi connectivity index (χ0v) is 13.0. The molecule has 1 heterocycles. The van der Waals surface area contributed by atoms with Gasteiger partial charge in [0.15, 0.2) is 5.78 Å². The number of benzene rings is 2. The lowest BCUT2D eigenvalue weighted by atomic mass is 9.97. The molecule has 0 saturated heterocycles. The van der Waals surface area contributed by atoms with E-state index >= 15 is 0 Å². The molecule has 0 amide bonds. The summed E-state index contributed by atoms with van der Waals surface area (Å²) < 4.78 is 1.70. The molecule has 1 aromatic heterocycles. The van der Waals surface area contributed by atoms with Gasteiger partial charge in [0.2, 0.25) is 0 Å². The lowest BCUT2D eigenvalue weighted by Gasteiger charge is -2.05. The molecule has 3 heteroatoms. The summed E-state index contributed by atoms with van der Waals surface area (Å²) >= 11 is 0. The molecule has 0 spiro atoms. The summed E-state index contributed by atoms with van der Waals surface area (Å²) in [4.78, 5) is 12.9. The zero-order valence-electron chi connectivity index (χ0n) is 13.0. The van der Waals surface area contributed by atoms with Crippen molar-refractivity contribution in [1.29, 1.82) is 0 Å². The molecule has 0 saturated carbocycles. The van der Waals surface area contributed by atoms with Gasteiger partial charge in [0.1, 0.15) is 5.69 Å². The lowest BCUT2D eigenvalue weighted by Crippen LogP contribution is -2.04. The van der Waals surface area contributed by atoms with Gasteiger partial charge in [0, 0.05) is 24.4 Å². The Morgan fingerprint density at radius 1 is 0.955 bits per heavy atom. The number of aryl methyl sites for hydroxylation is 3. The van der Waals surface area contributed by atoms with Crippen molar-refractivity contribution in [2.75, 3.05) is 0 Å². The molecule has 0 atom stereocenters. The van der Waals surface area contributed by atoms with Gasteiger partial charge in [-0.05, 0) is 19.4 Å². The predicted molar refractivity (Wildman–Crippen MR) is 88.0 cm³/mol. The SMILES string of the molecule is Cc1ccc(-c2nn(C)cc2C(=O)c2ccccc2C)cc1. The Labute approximate surface area is 130 Å². The lowest BCUT2D eigenvalue weighted by molar-refractivity contribution is 0.103. The molecule has 0 aliphatic rings. The van der Waals surface area contributed by atoms with E-state index in [4.69, 9.17) is 0 Å². The Kier molecular flexibility index (Phi) is 3.63. The van der Waals surface area contributed by atoms with Gasteiger partial charge in [-0.15, -0.1) is 0 Å². The van der Waals surface area contributed by atoms with Crippen LogP contribution < -0.4 is 0 Å². The normalized spacial score (nSPS) is 10.7. The minimum absolute atomic E-state index is 0.0155. The number of aromatic nitrogens is 2. The molecule has 22 heavy (non-hydrogen) atoms. The van der Waals surface area contributed by atoms with Gasteiger partial charge in [-0.2, -0.15) is 5.10 Å². The van der Waals surface area contributed by atoms with E-state index in [0.29, 0.717) is 5.56 Å². The summed E-state index contributed by atoms with van der Waals surface area (Å²) in [7, 11) is 1.84. The number of hydrogen-bond donors (Lipinski definition) is 0. The molecular weight excluding hydrogens is 272 g/mol. The summed E-state index contributed by atoms with van der Waals surface area (Å²) in [5.74, 6) is 0.0155. The van der Waals surface area contributed by atoms with Crippen LogP contribution in [0.15, 0.2) is 54.7 Å². The fraction of sp³-hybridized carbons (Fsp3) is 0.158. The van der Waals surface area contributed by atoms with Crippen molar-refractivity contribution in [3.63, 3.8) is 0 Å². The van der Waals surface area contributed by atoms with Crippen LogP contribution in [0.1, 0.15) is 27.0 Å². The van der Waals surface area contributed by atoms with Crippen molar-refractivity contribution >= 4 is 5.78 Å². The highest BCUT2D eigenvalue weighted by Gasteiger charge is 2.19. The number of carbonyl (C=O) groups is 1. The van der Waals surface area contributed by atoms with Gasteiger partial charge in [-0.1, -0.05) is 54.1 Å². The van der Waals surface area contributed by atoms with E-state index in [2.05, 4.69) is 5.10 Å². The van der Waals surface area contributed by atoms with E-state index in [9.17, 15) is 4.79 Å². The fourth-order valence-electron chi connectivity index (χ4n) is 2.55. The Balaban J connectivity index is 2.10. The first-order valence-electron chi connectivity index (χ1n) is 7.27. The smallest absolute Gasteiger partial charge is 0.197 e. The summed E-state index contributed by atoms with van der Waals surface area (Å²) in [6, 6.07) is 15.7. The molecular formula is C19H18N2O. The van der Waals surface area contributed by atoms with Gasteiger partial charge in [-0.3, -0.25) is 9.48 Å². The van der Waals surface area contributed by atoms with Crippen LogP contribution in [0.3, 0.4) is 0 Å². The molecule has 2 aromatic carbocycles. The van der Waals surface area contributed by atoms with E-state index < -0.39 is 0 Å². The van der Waals surface area contributed by atoms with Crippen molar-refractivity contribution < 1.29 is 4.79 Å². The van der Waals surface area contributed by atoms with Gasteiger partial charge >= 0.3 is 0 Å². The molecule has 110 valence electrons. The Morgan fingerprint density at radius 2 is 1.64 bits per heavy atom. The van der Waals surface area contributed by atoms with Crippen LogP contribution in [-0.4, -0.2) is 15.6 Å². The highest BCUT2D eigenvalue weighted by molar-refractivity contribution is 6.13. The number of rotatable bonds is 3. The molecule has 0 aliphatic heterocycles. The highest BCUT2D eigenvalue weighted by Crippen LogP contribution is 2.25. The zero-order chi connectivity index (χ0) is 15.7. The van der Waals surface area contributed by atoms with E-state index in [1.54, 1.807) is 10.9 Å². The Bertz CT molecular complexity index is 829. The average Bonchev–Trinajstić information content (AvgIpc) is 2.90. The molecule has 0 unspecified atom stereocenters. The number of ketones is 1. The third kappa shape index (κ3) is 2.58. The molecule has 0 bridgehead atoms.